The molecule has 1 aliphatic heterocycles. The van der Waals surface area contributed by atoms with E-state index in [9.17, 15) is 15.3 Å². The van der Waals surface area contributed by atoms with E-state index in [1.165, 1.54) is 0 Å². The van der Waals surface area contributed by atoms with Gasteiger partial charge in [0.15, 0.2) is 22.9 Å². The molecule has 1 aromatic carbocycles. The molecule has 1 fully saturated rings. The number of ether oxygens (including phenoxy) is 2. The van der Waals surface area contributed by atoms with Gasteiger partial charge in [-0.15, -0.1) is 0 Å². The first-order valence-electron chi connectivity index (χ1n) is 9.36. The predicted molar refractivity (Wildman–Crippen MR) is 100 cm³/mol. The molecule has 2 bridgehead atoms. The number of hydrogen-bond donors (Lipinski definition) is 1. The lowest BCUT2D eigenvalue weighted by atomic mass is 9.67. The number of rotatable bonds is 2. The highest BCUT2D eigenvalue weighted by molar-refractivity contribution is 6.01. The van der Waals surface area contributed by atoms with Gasteiger partial charge in [0.25, 0.3) is 0 Å². The summed E-state index contributed by atoms with van der Waals surface area (Å²) >= 11 is 0. The smallest absolute Gasteiger partial charge is 0.237 e. The van der Waals surface area contributed by atoms with E-state index >= 15 is 0 Å². The summed E-state index contributed by atoms with van der Waals surface area (Å²) in [6.07, 6.45) is 1.39. The maximum Gasteiger partial charge on any atom is 0.237 e. The number of benzene rings is 1. The minimum absolute atomic E-state index is 0.00680. The van der Waals surface area contributed by atoms with Crippen LogP contribution >= 0.6 is 0 Å². The molecule has 1 saturated carbocycles. The third-order valence-electron chi connectivity index (χ3n) is 6.67. The summed E-state index contributed by atoms with van der Waals surface area (Å²) in [7, 11) is 0. The van der Waals surface area contributed by atoms with Crippen molar-refractivity contribution in [2.45, 2.75) is 38.0 Å². The van der Waals surface area contributed by atoms with E-state index in [-0.39, 0.29) is 30.0 Å². The van der Waals surface area contributed by atoms with Gasteiger partial charge in [-0.1, -0.05) is 13.8 Å². The Bertz CT molecular complexity index is 1160. The van der Waals surface area contributed by atoms with Crippen LogP contribution in [0.15, 0.2) is 18.2 Å². The molecule has 2 aromatic rings. The van der Waals surface area contributed by atoms with Gasteiger partial charge in [-0.25, -0.2) is 9.97 Å². The van der Waals surface area contributed by atoms with Crippen molar-refractivity contribution in [3.63, 3.8) is 0 Å². The van der Waals surface area contributed by atoms with Gasteiger partial charge in [0.2, 0.25) is 12.7 Å². The molecule has 0 saturated heterocycles. The Morgan fingerprint density at radius 1 is 1.17 bits per heavy atom. The second-order valence-corrected chi connectivity index (χ2v) is 8.12. The van der Waals surface area contributed by atoms with Gasteiger partial charge in [-0.3, -0.25) is 4.79 Å². The zero-order valence-electron chi connectivity index (χ0n) is 15.9. The Morgan fingerprint density at radius 2 is 1.90 bits per heavy atom. The van der Waals surface area contributed by atoms with E-state index in [0.29, 0.717) is 35.0 Å². The Hall–Kier alpha value is -3.65. The quantitative estimate of drug-likeness (QED) is 0.841. The van der Waals surface area contributed by atoms with Crippen molar-refractivity contribution in [3.05, 3.63) is 41.0 Å². The fourth-order valence-corrected chi connectivity index (χ4v) is 5.13. The van der Waals surface area contributed by atoms with Crippen LogP contribution in [-0.2, 0) is 10.2 Å². The van der Waals surface area contributed by atoms with E-state index in [0.717, 1.165) is 6.42 Å². The van der Waals surface area contributed by atoms with Gasteiger partial charge in [0.1, 0.15) is 12.1 Å². The van der Waals surface area contributed by atoms with Gasteiger partial charge in [0, 0.05) is 17.7 Å². The number of aromatic nitrogens is 2. The molecule has 8 nitrogen and oxygen atoms in total. The standard InChI is InChI=1S/C21H17N5O3/c1-20(2)12-5-6-21(20,18-17(12)25-13(8-22)14(9-23)26-18)19(27)24-11-3-4-15-16(7-11)29-10-28-15/h3-4,7,12H,5-6,10H2,1-2H3,(H,24,27). The second-order valence-electron chi connectivity index (χ2n) is 8.12. The fourth-order valence-electron chi connectivity index (χ4n) is 5.13. The van der Waals surface area contributed by atoms with Gasteiger partial charge >= 0.3 is 0 Å². The Kier molecular flexibility index (Phi) is 3.42. The molecular weight excluding hydrogens is 370 g/mol. The molecule has 1 amide bonds. The first kappa shape index (κ1) is 17.4. The van der Waals surface area contributed by atoms with Crippen LogP contribution in [0.3, 0.4) is 0 Å². The number of anilines is 1. The molecule has 2 atom stereocenters. The van der Waals surface area contributed by atoms with Crippen LogP contribution < -0.4 is 14.8 Å². The molecule has 2 aliphatic carbocycles. The summed E-state index contributed by atoms with van der Waals surface area (Å²) in [6, 6.07) is 9.14. The Morgan fingerprint density at radius 3 is 2.66 bits per heavy atom. The maximum absolute atomic E-state index is 13.6. The van der Waals surface area contributed by atoms with Crippen LogP contribution in [0.2, 0.25) is 0 Å². The molecule has 2 heterocycles. The number of carbonyl (C=O) groups is 1. The van der Waals surface area contributed by atoms with Crippen LogP contribution in [-0.4, -0.2) is 22.7 Å². The van der Waals surface area contributed by atoms with Gasteiger partial charge in [0.05, 0.1) is 16.8 Å². The third kappa shape index (κ3) is 2.09. The molecule has 5 rings (SSSR count). The highest BCUT2D eigenvalue weighted by Crippen LogP contribution is 2.67. The predicted octanol–water partition coefficient (Wildman–Crippen LogP) is 2.74. The third-order valence-corrected chi connectivity index (χ3v) is 6.67. The Labute approximate surface area is 167 Å². The summed E-state index contributed by atoms with van der Waals surface area (Å²) in [5.74, 6) is 1.04. The lowest BCUT2D eigenvalue weighted by Gasteiger charge is -2.36. The van der Waals surface area contributed by atoms with E-state index in [4.69, 9.17) is 9.47 Å². The molecule has 8 heteroatoms. The number of carbonyl (C=O) groups excluding carboxylic acids is 1. The van der Waals surface area contributed by atoms with E-state index in [1.54, 1.807) is 18.2 Å². The summed E-state index contributed by atoms with van der Waals surface area (Å²) in [5, 5.41) is 21.7. The topological polar surface area (TPSA) is 121 Å². The summed E-state index contributed by atoms with van der Waals surface area (Å²) < 4.78 is 10.7. The number of fused-ring (bicyclic) bond motifs is 6. The summed E-state index contributed by atoms with van der Waals surface area (Å²) in [6.45, 7) is 4.23. The minimum Gasteiger partial charge on any atom is -0.454 e. The molecular formula is C21H17N5O3. The van der Waals surface area contributed by atoms with Gasteiger partial charge < -0.3 is 14.8 Å². The van der Waals surface area contributed by atoms with Crippen molar-refractivity contribution < 1.29 is 14.3 Å². The molecule has 144 valence electrons. The molecule has 1 N–H and O–H groups in total. The fraction of sp³-hybridized carbons (Fsp3) is 0.381. The van der Waals surface area contributed by atoms with Crippen molar-refractivity contribution in [1.82, 2.24) is 9.97 Å². The van der Waals surface area contributed by atoms with Crippen molar-refractivity contribution >= 4 is 11.6 Å². The Balaban J connectivity index is 1.60. The van der Waals surface area contributed by atoms with E-state index < -0.39 is 10.8 Å². The molecule has 3 aliphatic rings. The van der Waals surface area contributed by atoms with E-state index in [2.05, 4.69) is 15.3 Å². The maximum atomic E-state index is 13.6. The first-order chi connectivity index (χ1) is 13.9. The zero-order chi connectivity index (χ0) is 20.4. The molecule has 0 radical (unpaired) electrons. The van der Waals surface area contributed by atoms with E-state index in [1.807, 2.05) is 26.0 Å². The average Bonchev–Trinajstić information content (AvgIpc) is 3.34. The van der Waals surface area contributed by atoms with Crippen molar-refractivity contribution in [2.75, 3.05) is 12.1 Å². The number of amides is 1. The van der Waals surface area contributed by atoms with Crippen LogP contribution in [0.25, 0.3) is 0 Å². The first-order valence-corrected chi connectivity index (χ1v) is 9.36. The van der Waals surface area contributed by atoms with Crippen LogP contribution in [0, 0.1) is 28.1 Å². The van der Waals surface area contributed by atoms with Crippen LogP contribution in [0.5, 0.6) is 11.5 Å². The summed E-state index contributed by atoms with van der Waals surface area (Å²) in [5.41, 5.74) is 0.395. The highest BCUT2D eigenvalue weighted by Gasteiger charge is 2.68. The average molecular weight is 387 g/mol. The molecule has 29 heavy (non-hydrogen) atoms. The largest absolute Gasteiger partial charge is 0.454 e. The number of nitrogens with zero attached hydrogens (tertiary/aromatic N) is 4. The number of hydrogen-bond acceptors (Lipinski definition) is 7. The van der Waals surface area contributed by atoms with Crippen LogP contribution in [0.4, 0.5) is 5.69 Å². The van der Waals surface area contributed by atoms with Crippen molar-refractivity contribution in [3.8, 4) is 23.6 Å². The molecule has 0 spiro atoms. The monoisotopic (exact) mass is 387 g/mol. The highest BCUT2D eigenvalue weighted by atomic mass is 16.7. The van der Waals surface area contributed by atoms with Crippen molar-refractivity contribution in [1.29, 1.82) is 10.5 Å². The van der Waals surface area contributed by atoms with Gasteiger partial charge in [-0.2, -0.15) is 10.5 Å². The normalized spacial score (nSPS) is 24.5. The molecule has 1 aromatic heterocycles. The second kappa shape index (κ2) is 5.68. The van der Waals surface area contributed by atoms with Gasteiger partial charge in [-0.05, 0) is 30.4 Å². The lowest BCUT2D eigenvalue weighted by molar-refractivity contribution is -0.124. The van der Waals surface area contributed by atoms with Crippen LogP contribution in [0.1, 0.15) is 55.4 Å². The SMILES string of the molecule is CC1(C)C2CCC1(C(=O)Nc1ccc3c(c1)OCO3)c1nc(C#N)c(C#N)nc12. The minimum atomic E-state index is -0.921. The van der Waals surface area contributed by atoms with Crippen molar-refractivity contribution in [2.24, 2.45) is 5.41 Å². The molecule has 2 unspecified atom stereocenters. The zero-order valence-corrected chi connectivity index (χ0v) is 15.9. The number of nitrogens with one attached hydrogen (secondary N) is 1. The summed E-state index contributed by atoms with van der Waals surface area (Å²) in [4.78, 5) is 22.5. The number of nitriles is 2. The lowest BCUT2D eigenvalue weighted by Crippen LogP contribution is -2.46.